The summed E-state index contributed by atoms with van der Waals surface area (Å²) in [7, 11) is -0.726. The summed E-state index contributed by atoms with van der Waals surface area (Å²) in [6.07, 6.45) is 0. The minimum atomic E-state index is -0.363. The molecule has 112 valence electrons. The van der Waals surface area contributed by atoms with Gasteiger partial charge in [0, 0.05) is 25.9 Å². The number of hydrogen-bond acceptors (Lipinski definition) is 0. The Labute approximate surface area is 132 Å². The van der Waals surface area contributed by atoms with E-state index in [1.54, 1.807) is 0 Å². The van der Waals surface area contributed by atoms with E-state index in [9.17, 15) is 0 Å². The van der Waals surface area contributed by atoms with Crippen molar-refractivity contribution in [1.82, 2.24) is 0 Å². The Balaban J connectivity index is 0.000000324. The Morgan fingerprint density at radius 3 is 1.74 bits per heavy atom. The van der Waals surface area contributed by atoms with Gasteiger partial charge in [-0.25, -0.2) is 18.2 Å². The van der Waals surface area contributed by atoms with Crippen molar-refractivity contribution in [3.05, 3.63) is 59.7 Å². The van der Waals surface area contributed by atoms with Crippen LogP contribution in [0, 0.1) is 0 Å². The van der Waals surface area contributed by atoms with Crippen molar-refractivity contribution in [1.29, 1.82) is 0 Å². The Morgan fingerprint density at radius 1 is 0.842 bits per heavy atom. The van der Waals surface area contributed by atoms with Crippen molar-refractivity contribution in [3.63, 3.8) is 0 Å². The zero-order chi connectivity index (χ0) is 13.4. The molecule has 0 atom stereocenters. The normalized spacial score (nSPS) is 10.0. The molecule has 2 aromatic carbocycles. The van der Waals surface area contributed by atoms with E-state index in [1.165, 1.54) is 23.2 Å². The molecule has 0 heterocycles. The molecule has 0 aliphatic carbocycles. The molecule has 0 bridgehead atoms. The summed E-state index contributed by atoms with van der Waals surface area (Å²) in [6, 6.07) is 20.0. The zero-order valence-electron chi connectivity index (χ0n) is 12.5. The predicted molar refractivity (Wildman–Crippen MR) is 89.2 cm³/mol. The molecule has 19 heavy (non-hydrogen) atoms. The van der Waals surface area contributed by atoms with Crippen LogP contribution in [-0.4, -0.2) is 17.6 Å². The molecule has 0 aliphatic heterocycles. The fraction of sp³-hybridized carbons (Fsp3) is 0.375. The first-order valence-electron chi connectivity index (χ1n) is 6.99. The fourth-order valence-corrected chi connectivity index (χ4v) is 4.47. The van der Waals surface area contributed by atoms with Gasteiger partial charge in [-0.05, 0) is 8.80 Å². The van der Waals surface area contributed by atoms with Crippen molar-refractivity contribution in [2.75, 3.05) is 0 Å². The summed E-state index contributed by atoms with van der Waals surface area (Å²) < 4.78 is 0. The van der Waals surface area contributed by atoms with Gasteiger partial charge in [0.2, 0.25) is 0 Å². The zero-order valence-corrected chi connectivity index (χ0v) is 16.0. The molecule has 0 saturated carbocycles. The monoisotopic (exact) mass is 330 g/mol. The maximum atomic E-state index is 2.38. The van der Waals surface area contributed by atoms with Crippen molar-refractivity contribution in [2.45, 2.75) is 38.3 Å². The van der Waals surface area contributed by atoms with Gasteiger partial charge in [-0.3, -0.25) is 0 Å². The minimum absolute atomic E-state index is 0. The van der Waals surface area contributed by atoms with Gasteiger partial charge in [0.25, 0.3) is 0 Å². The van der Waals surface area contributed by atoms with Crippen LogP contribution in [-0.2, 0) is 29.2 Å². The molecular weight excluding hydrogens is 304 g/mol. The first kappa shape index (κ1) is 18.7. The third-order valence-corrected chi connectivity index (χ3v) is 5.33. The van der Waals surface area contributed by atoms with Crippen molar-refractivity contribution in [3.8, 4) is 0 Å². The summed E-state index contributed by atoms with van der Waals surface area (Å²) in [5.74, 6) is 0. The first-order chi connectivity index (χ1) is 8.58. The Bertz CT molecular complexity index is 348. The van der Waals surface area contributed by atoms with Crippen LogP contribution in [0.1, 0.15) is 11.1 Å². The van der Waals surface area contributed by atoms with Gasteiger partial charge in [0.15, 0.2) is 0 Å². The quantitative estimate of drug-likeness (QED) is 0.588. The van der Waals surface area contributed by atoms with Crippen molar-refractivity contribution >= 4 is 17.6 Å². The third-order valence-electron chi connectivity index (χ3n) is 2.75. The van der Waals surface area contributed by atoms with Gasteiger partial charge in [-0.15, -0.1) is 0 Å². The third kappa shape index (κ3) is 9.23. The summed E-state index contributed by atoms with van der Waals surface area (Å²) in [5.41, 5.74) is 3.05. The van der Waals surface area contributed by atoms with Gasteiger partial charge >= 0.3 is 0 Å². The van der Waals surface area contributed by atoms with E-state index in [4.69, 9.17) is 0 Å². The van der Waals surface area contributed by atoms with E-state index in [0.29, 0.717) is 0 Å². The van der Waals surface area contributed by atoms with Gasteiger partial charge < -0.3 is 29.8 Å². The summed E-state index contributed by atoms with van der Waals surface area (Å²) in [4.78, 5) is 0. The van der Waals surface area contributed by atoms with E-state index < -0.39 is 0 Å². The SMILES string of the molecule is C[SiH](C)C[c-]1[cH-][cH-][cH-][cH-]1.C[SiH](C)C[c-]1cccc1.[Fe]. The second-order valence-electron chi connectivity index (χ2n) is 5.78. The molecule has 0 spiro atoms. The molecule has 2 aromatic rings. The second kappa shape index (κ2) is 10.4. The maximum Gasteiger partial charge on any atom is 0.0234 e. The predicted octanol–water partition coefficient (Wildman–Crippen LogP) is 3.95. The number of rotatable bonds is 4. The average molecular weight is 330 g/mol. The Kier molecular flexibility index (Phi) is 10.3. The summed E-state index contributed by atoms with van der Waals surface area (Å²) in [5, 5.41) is 0. The molecule has 0 radical (unpaired) electrons. The molecule has 0 aromatic heterocycles. The molecule has 0 unspecified atom stereocenters. The van der Waals surface area contributed by atoms with Gasteiger partial charge in [-0.2, -0.15) is 17.7 Å². The minimum Gasteiger partial charge on any atom is -0.748 e. The molecule has 0 nitrogen and oxygen atoms in total. The molecule has 3 heteroatoms. The smallest absolute Gasteiger partial charge is 0.0234 e. The summed E-state index contributed by atoms with van der Waals surface area (Å²) >= 11 is 0. The maximum absolute atomic E-state index is 2.38. The van der Waals surface area contributed by atoms with E-state index in [-0.39, 0.29) is 34.7 Å². The number of hydrogen-bond donors (Lipinski definition) is 0. The summed E-state index contributed by atoms with van der Waals surface area (Å²) in [6.45, 7) is 9.53. The van der Waals surface area contributed by atoms with Crippen molar-refractivity contribution < 1.29 is 17.1 Å². The second-order valence-corrected chi connectivity index (χ2v) is 12.2. The van der Waals surface area contributed by atoms with E-state index in [0.717, 1.165) is 0 Å². The van der Waals surface area contributed by atoms with E-state index in [2.05, 4.69) is 74.7 Å². The van der Waals surface area contributed by atoms with Crippen LogP contribution in [0.5, 0.6) is 0 Å². The topological polar surface area (TPSA) is 0 Å². The van der Waals surface area contributed by atoms with Crippen LogP contribution < -0.4 is 0 Å². The standard InChI is InChI=1S/2C8H13Si.Fe/c2*1-9(2)7-8-5-3-4-6-8;/h2*3-6,9H,7H2,1-2H3;/q-5;-1;. The van der Waals surface area contributed by atoms with Crippen molar-refractivity contribution in [2.24, 2.45) is 0 Å². The Morgan fingerprint density at radius 2 is 1.32 bits per heavy atom. The van der Waals surface area contributed by atoms with Gasteiger partial charge in [-0.1, -0.05) is 32.2 Å². The van der Waals surface area contributed by atoms with Crippen LogP contribution in [0.2, 0.25) is 26.2 Å². The molecule has 2 rings (SSSR count). The largest absolute Gasteiger partial charge is 0.748 e. The van der Waals surface area contributed by atoms with Crippen LogP contribution in [0.25, 0.3) is 0 Å². The van der Waals surface area contributed by atoms with E-state index >= 15 is 0 Å². The van der Waals surface area contributed by atoms with Gasteiger partial charge in [0.1, 0.15) is 0 Å². The first-order valence-corrected chi connectivity index (χ1v) is 13.2. The van der Waals surface area contributed by atoms with Crippen LogP contribution >= 0.6 is 0 Å². The molecular formula is C16H26FeSi2-6. The van der Waals surface area contributed by atoms with E-state index in [1.807, 2.05) is 0 Å². The molecule has 0 aliphatic rings. The molecule has 0 saturated heterocycles. The average Bonchev–Trinajstić information content (AvgIpc) is 2.90. The molecule has 0 amide bonds. The fourth-order valence-electron chi connectivity index (χ4n) is 2.04. The van der Waals surface area contributed by atoms with Crippen LogP contribution in [0.4, 0.5) is 0 Å². The van der Waals surface area contributed by atoms with Crippen LogP contribution in [0.3, 0.4) is 0 Å². The van der Waals surface area contributed by atoms with Crippen LogP contribution in [0.15, 0.2) is 48.5 Å². The Hall–Kier alpha value is -0.347. The van der Waals surface area contributed by atoms with Gasteiger partial charge in [0.05, 0.1) is 0 Å². The molecule has 0 N–H and O–H groups in total. The molecule has 0 fully saturated rings.